The van der Waals surface area contributed by atoms with Crippen LogP contribution in [0.1, 0.15) is 0 Å². The van der Waals surface area contributed by atoms with Gasteiger partial charge in [0.25, 0.3) is 0 Å². The van der Waals surface area contributed by atoms with Crippen LogP contribution in [-0.2, 0) is 9.47 Å². The van der Waals surface area contributed by atoms with Crippen LogP contribution in [0.3, 0.4) is 0 Å². The van der Waals surface area contributed by atoms with Gasteiger partial charge in [-0.2, -0.15) is 0 Å². The molecule has 2 heterocycles. The van der Waals surface area contributed by atoms with Crippen molar-refractivity contribution in [2.24, 2.45) is 0 Å². The molecule has 2 fully saturated rings. The molecule has 8 nitrogen and oxygen atoms in total. The predicted octanol–water partition coefficient (Wildman–Crippen LogP) is -3.40. The SMILES string of the molecule is O[C@@H]1[C@@H](O)[C@H](S[C@@H]2CO[C@H](O)[C@H](O)[C@H]2O)OC[C@H]1O. The van der Waals surface area contributed by atoms with E-state index in [1.807, 2.05) is 0 Å². The smallest absolute Gasteiger partial charge is 0.183 e. The Balaban J connectivity index is 1.94. The van der Waals surface area contributed by atoms with Crippen LogP contribution in [0, 0.1) is 0 Å². The lowest BCUT2D eigenvalue weighted by molar-refractivity contribution is -0.217. The minimum atomic E-state index is -1.45. The van der Waals surface area contributed by atoms with E-state index in [1.54, 1.807) is 0 Å². The highest BCUT2D eigenvalue weighted by atomic mass is 32.2. The Bertz CT molecular complexity index is 277. The zero-order valence-electron chi connectivity index (χ0n) is 9.94. The van der Waals surface area contributed by atoms with Gasteiger partial charge in [0.15, 0.2) is 6.29 Å². The molecular weight excluding hydrogens is 280 g/mol. The molecule has 0 spiro atoms. The summed E-state index contributed by atoms with van der Waals surface area (Å²) >= 11 is 0.980. The summed E-state index contributed by atoms with van der Waals surface area (Å²) < 4.78 is 10.1. The van der Waals surface area contributed by atoms with Gasteiger partial charge in [-0.15, -0.1) is 11.8 Å². The van der Waals surface area contributed by atoms with Crippen LogP contribution >= 0.6 is 11.8 Å². The predicted molar refractivity (Wildman–Crippen MR) is 63.1 cm³/mol. The third-order valence-electron chi connectivity index (χ3n) is 3.22. The molecule has 0 aromatic rings. The molecule has 2 saturated heterocycles. The Morgan fingerprint density at radius 3 is 2.11 bits per heavy atom. The topological polar surface area (TPSA) is 140 Å². The van der Waals surface area contributed by atoms with Gasteiger partial charge in [0, 0.05) is 0 Å². The number of thioether (sulfide) groups is 1. The number of aliphatic hydroxyl groups excluding tert-OH is 6. The number of rotatable bonds is 2. The van der Waals surface area contributed by atoms with Crippen molar-refractivity contribution in [3.05, 3.63) is 0 Å². The molecule has 0 bridgehead atoms. The fraction of sp³-hybridized carbons (Fsp3) is 1.00. The summed E-state index contributed by atoms with van der Waals surface area (Å²) in [4.78, 5) is 0. The normalized spacial score (nSPS) is 52.1. The van der Waals surface area contributed by atoms with Gasteiger partial charge in [0.2, 0.25) is 0 Å². The zero-order valence-corrected chi connectivity index (χ0v) is 10.8. The molecule has 0 unspecified atom stereocenters. The van der Waals surface area contributed by atoms with Crippen LogP contribution < -0.4 is 0 Å². The largest absolute Gasteiger partial charge is 0.389 e. The average molecular weight is 298 g/mol. The summed E-state index contributed by atoms with van der Waals surface area (Å²) in [5, 5.41) is 56.4. The van der Waals surface area contributed by atoms with Crippen molar-refractivity contribution in [2.75, 3.05) is 13.2 Å². The number of aliphatic hydroxyl groups is 6. The van der Waals surface area contributed by atoms with Gasteiger partial charge in [0.1, 0.15) is 29.9 Å². The second kappa shape index (κ2) is 6.20. The van der Waals surface area contributed by atoms with E-state index < -0.39 is 47.5 Å². The van der Waals surface area contributed by atoms with E-state index in [-0.39, 0.29) is 13.2 Å². The van der Waals surface area contributed by atoms with Crippen molar-refractivity contribution in [2.45, 2.75) is 47.5 Å². The molecule has 0 saturated carbocycles. The van der Waals surface area contributed by atoms with Gasteiger partial charge < -0.3 is 40.1 Å². The van der Waals surface area contributed by atoms with Crippen molar-refractivity contribution in [3.8, 4) is 0 Å². The van der Waals surface area contributed by atoms with Gasteiger partial charge >= 0.3 is 0 Å². The molecule has 0 aromatic heterocycles. The van der Waals surface area contributed by atoms with Gasteiger partial charge in [0.05, 0.1) is 24.6 Å². The lowest BCUT2D eigenvalue weighted by Crippen LogP contribution is -2.55. The molecule has 2 aliphatic heterocycles. The van der Waals surface area contributed by atoms with Gasteiger partial charge in [-0.1, -0.05) is 0 Å². The van der Waals surface area contributed by atoms with Crippen molar-refractivity contribution < 1.29 is 40.1 Å². The Labute approximate surface area is 113 Å². The van der Waals surface area contributed by atoms with E-state index in [9.17, 15) is 30.6 Å². The molecule has 0 amide bonds. The Kier molecular flexibility index (Phi) is 5.04. The Morgan fingerprint density at radius 2 is 1.42 bits per heavy atom. The summed E-state index contributed by atoms with van der Waals surface area (Å²) in [5.74, 6) is 0. The van der Waals surface area contributed by atoms with Crippen LogP contribution in [0.5, 0.6) is 0 Å². The third-order valence-corrected chi connectivity index (χ3v) is 4.67. The number of hydrogen-bond donors (Lipinski definition) is 6. The van der Waals surface area contributed by atoms with Crippen molar-refractivity contribution in [3.63, 3.8) is 0 Å². The monoisotopic (exact) mass is 298 g/mol. The number of ether oxygens (including phenoxy) is 2. The van der Waals surface area contributed by atoms with E-state index >= 15 is 0 Å². The highest BCUT2D eigenvalue weighted by Gasteiger charge is 2.43. The first-order valence-corrected chi connectivity index (χ1v) is 6.83. The molecule has 9 heteroatoms. The third kappa shape index (κ3) is 3.20. The highest BCUT2D eigenvalue weighted by Crippen LogP contribution is 2.32. The molecular formula is C10H18O8S. The first-order valence-electron chi connectivity index (χ1n) is 5.89. The van der Waals surface area contributed by atoms with E-state index in [0.717, 1.165) is 11.8 Å². The zero-order chi connectivity index (χ0) is 14.2. The molecule has 0 aromatic carbocycles. The van der Waals surface area contributed by atoms with Crippen LogP contribution in [0.15, 0.2) is 0 Å². The summed E-state index contributed by atoms with van der Waals surface area (Å²) in [6.45, 7) is -0.167. The maximum Gasteiger partial charge on any atom is 0.183 e. The maximum atomic E-state index is 9.78. The summed E-state index contributed by atoms with van der Waals surface area (Å²) in [6, 6.07) is 0. The second-order valence-corrected chi connectivity index (χ2v) is 5.97. The summed E-state index contributed by atoms with van der Waals surface area (Å²) in [6.07, 6.45) is -7.94. The Morgan fingerprint density at radius 1 is 0.737 bits per heavy atom. The molecule has 0 aliphatic carbocycles. The lowest BCUT2D eigenvalue weighted by atomic mass is 10.1. The van der Waals surface area contributed by atoms with Crippen LogP contribution in [0.25, 0.3) is 0 Å². The van der Waals surface area contributed by atoms with E-state index in [1.165, 1.54) is 0 Å². The molecule has 6 N–H and O–H groups in total. The van der Waals surface area contributed by atoms with E-state index in [2.05, 4.69) is 0 Å². The van der Waals surface area contributed by atoms with Crippen molar-refractivity contribution >= 4 is 11.8 Å². The number of hydrogen-bond acceptors (Lipinski definition) is 9. The first kappa shape index (κ1) is 15.4. The van der Waals surface area contributed by atoms with E-state index in [4.69, 9.17) is 9.47 Å². The fourth-order valence-corrected chi connectivity index (χ4v) is 3.27. The first-order chi connectivity index (χ1) is 8.91. The average Bonchev–Trinajstić information content (AvgIpc) is 2.39. The highest BCUT2D eigenvalue weighted by molar-refractivity contribution is 8.00. The van der Waals surface area contributed by atoms with Crippen molar-refractivity contribution in [1.29, 1.82) is 0 Å². The summed E-state index contributed by atoms with van der Waals surface area (Å²) in [7, 11) is 0. The molecule has 8 atom stereocenters. The van der Waals surface area contributed by atoms with Crippen LogP contribution in [-0.4, -0.2) is 91.3 Å². The second-order valence-electron chi connectivity index (χ2n) is 4.63. The molecule has 2 aliphatic rings. The molecule has 2 rings (SSSR count). The standard InChI is InChI=1S/C10H18O8S/c11-3-1-18-10(8(15)5(3)12)19-4-2-17-9(16)7(14)6(4)13/h3-16H,1-2H2/t3-,4-,5+,6+,7-,8-,9+,10+/m1/s1. The van der Waals surface area contributed by atoms with Crippen molar-refractivity contribution in [1.82, 2.24) is 0 Å². The minimum absolute atomic E-state index is 0.0325. The fourth-order valence-electron chi connectivity index (χ4n) is 1.97. The quantitative estimate of drug-likeness (QED) is 0.308. The molecule has 19 heavy (non-hydrogen) atoms. The lowest BCUT2D eigenvalue weighted by Gasteiger charge is -2.40. The Hall–Kier alpha value is 0.0300. The van der Waals surface area contributed by atoms with Gasteiger partial charge in [-0.25, -0.2) is 0 Å². The molecule has 112 valence electrons. The summed E-state index contributed by atoms with van der Waals surface area (Å²) in [5.41, 5.74) is -0.857. The van der Waals surface area contributed by atoms with E-state index in [0.29, 0.717) is 0 Å². The van der Waals surface area contributed by atoms with Crippen LogP contribution in [0.2, 0.25) is 0 Å². The maximum absolute atomic E-state index is 9.78. The van der Waals surface area contributed by atoms with Crippen LogP contribution in [0.4, 0.5) is 0 Å². The molecule has 0 radical (unpaired) electrons. The van der Waals surface area contributed by atoms with Gasteiger partial charge in [-0.3, -0.25) is 0 Å². The van der Waals surface area contributed by atoms with Gasteiger partial charge in [-0.05, 0) is 0 Å². The minimum Gasteiger partial charge on any atom is -0.389 e.